The van der Waals surface area contributed by atoms with Crippen LogP contribution in [0.2, 0.25) is 0 Å². The highest BCUT2D eigenvalue weighted by atomic mass is 79.9. The molecule has 0 aliphatic heterocycles. The number of aryl methyl sites for hydroxylation is 1. The summed E-state index contributed by atoms with van der Waals surface area (Å²) >= 11 is 5.21. The van der Waals surface area contributed by atoms with Crippen molar-refractivity contribution in [2.75, 3.05) is 19.3 Å². The second-order valence-corrected chi connectivity index (χ2v) is 8.21. The standard InChI is InChI=1S/C19H25BrN4OS/c1-6-24(5)12-22-16-10-15(20)17(9-14(16)4)25-18-7-8-21-19(23-18)26-11-13(2)3/h7-10,12-13H,6,11H2,1-5H3/b22-12+. The van der Waals surface area contributed by atoms with Crippen LogP contribution in [0.5, 0.6) is 11.6 Å². The fraction of sp³-hybridized carbons (Fsp3) is 0.421. The van der Waals surface area contributed by atoms with Crippen molar-refractivity contribution in [3.05, 3.63) is 34.4 Å². The molecule has 0 unspecified atom stereocenters. The molecule has 0 saturated heterocycles. The van der Waals surface area contributed by atoms with Crippen LogP contribution in [0.1, 0.15) is 26.3 Å². The molecule has 2 aromatic rings. The zero-order valence-corrected chi connectivity index (χ0v) is 18.3. The van der Waals surface area contributed by atoms with Crippen LogP contribution in [0.3, 0.4) is 0 Å². The zero-order valence-electron chi connectivity index (χ0n) is 15.9. The molecule has 26 heavy (non-hydrogen) atoms. The molecule has 0 radical (unpaired) electrons. The van der Waals surface area contributed by atoms with Gasteiger partial charge in [-0.1, -0.05) is 25.6 Å². The summed E-state index contributed by atoms with van der Waals surface area (Å²) in [6.45, 7) is 9.36. The topological polar surface area (TPSA) is 50.6 Å². The molecule has 0 spiro atoms. The van der Waals surface area contributed by atoms with Crippen molar-refractivity contribution in [1.29, 1.82) is 0 Å². The van der Waals surface area contributed by atoms with E-state index in [1.807, 2.05) is 37.3 Å². The number of aliphatic imine (C=N–C) groups is 1. The predicted molar refractivity (Wildman–Crippen MR) is 113 cm³/mol. The first kappa shape index (κ1) is 20.7. The number of thioether (sulfide) groups is 1. The predicted octanol–water partition coefficient (Wildman–Crippen LogP) is 5.70. The van der Waals surface area contributed by atoms with Gasteiger partial charge in [0.2, 0.25) is 5.88 Å². The molecule has 5 nitrogen and oxygen atoms in total. The second-order valence-electron chi connectivity index (χ2n) is 6.37. The number of benzene rings is 1. The van der Waals surface area contributed by atoms with Gasteiger partial charge < -0.3 is 9.64 Å². The van der Waals surface area contributed by atoms with E-state index in [0.29, 0.717) is 17.5 Å². The Kier molecular flexibility index (Phi) is 7.90. The average Bonchev–Trinajstić information content (AvgIpc) is 2.61. The van der Waals surface area contributed by atoms with Gasteiger partial charge in [-0.25, -0.2) is 9.98 Å². The summed E-state index contributed by atoms with van der Waals surface area (Å²) in [5.41, 5.74) is 1.94. The summed E-state index contributed by atoms with van der Waals surface area (Å²) in [4.78, 5) is 15.3. The van der Waals surface area contributed by atoms with E-state index in [9.17, 15) is 0 Å². The van der Waals surface area contributed by atoms with Crippen LogP contribution in [0.4, 0.5) is 5.69 Å². The SMILES string of the molecule is CCN(C)/C=N/c1cc(Br)c(Oc2ccnc(SCC(C)C)n2)cc1C. The Morgan fingerprint density at radius 2 is 2.15 bits per heavy atom. The van der Waals surface area contributed by atoms with Gasteiger partial charge in [0, 0.05) is 31.6 Å². The highest BCUT2D eigenvalue weighted by Gasteiger charge is 2.09. The minimum absolute atomic E-state index is 0.535. The maximum absolute atomic E-state index is 5.97. The van der Waals surface area contributed by atoms with Gasteiger partial charge in [0.1, 0.15) is 5.75 Å². The van der Waals surface area contributed by atoms with Gasteiger partial charge in [0.05, 0.1) is 16.5 Å². The smallest absolute Gasteiger partial charge is 0.223 e. The molecule has 1 aromatic heterocycles. The van der Waals surface area contributed by atoms with E-state index in [1.165, 1.54) is 0 Å². The molecule has 0 amide bonds. The summed E-state index contributed by atoms with van der Waals surface area (Å²) in [5.74, 6) is 2.81. The lowest BCUT2D eigenvalue weighted by atomic mass is 10.2. The molecule has 0 aliphatic carbocycles. The number of hydrogen-bond donors (Lipinski definition) is 0. The molecular formula is C19H25BrN4OS. The Morgan fingerprint density at radius 3 is 2.85 bits per heavy atom. The lowest BCUT2D eigenvalue weighted by Gasteiger charge is -2.12. The first-order valence-corrected chi connectivity index (χ1v) is 10.3. The van der Waals surface area contributed by atoms with Crippen molar-refractivity contribution in [3.63, 3.8) is 0 Å². The number of aromatic nitrogens is 2. The molecule has 0 atom stereocenters. The van der Waals surface area contributed by atoms with Gasteiger partial charge in [0.15, 0.2) is 5.16 Å². The summed E-state index contributed by atoms with van der Waals surface area (Å²) in [7, 11) is 2.00. The van der Waals surface area contributed by atoms with E-state index < -0.39 is 0 Å². The van der Waals surface area contributed by atoms with Gasteiger partial charge in [-0.3, -0.25) is 0 Å². The molecule has 0 fully saturated rings. The van der Waals surface area contributed by atoms with E-state index in [0.717, 1.165) is 33.2 Å². The Bertz CT molecular complexity index is 767. The summed E-state index contributed by atoms with van der Waals surface area (Å²) in [6.07, 6.45) is 3.56. The number of nitrogens with zero attached hydrogens (tertiary/aromatic N) is 4. The third kappa shape index (κ3) is 6.29. The van der Waals surface area contributed by atoms with Gasteiger partial charge >= 0.3 is 0 Å². The van der Waals surface area contributed by atoms with E-state index >= 15 is 0 Å². The van der Waals surface area contributed by atoms with Gasteiger partial charge in [0.25, 0.3) is 0 Å². The largest absolute Gasteiger partial charge is 0.438 e. The minimum Gasteiger partial charge on any atom is -0.438 e. The van der Waals surface area contributed by atoms with E-state index in [-0.39, 0.29) is 0 Å². The lowest BCUT2D eigenvalue weighted by molar-refractivity contribution is 0.452. The van der Waals surface area contributed by atoms with Crippen LogP contribution in [0, 0.1) is 12.8 Å². The average molecular weight is 437 g/mol. The van der Waals surface area contributed by atoms with Crippen LogP contribution in [0.25, 0.3) is 0 Å². The Hall–Kier alpha value is -1.60. The Morgan fingerprint density at radius 1 is 1.38 bits per heavy atom. The number of rotatable bonds is 8. The molecule has 1 heterocycles. The quantitative estimate of drug-likeness (QED) is 0.230. The van der Waals surface area contributed by atoms with Crippen molar-refractivity contribution in [2.24, 2.45) is 10.9 Å². The summed E-state index contributed by atoms with van der Waals surface area (Å²) < 4.78 is 6.80. The van der Waals surface area contributed by atoms with Crippen LogP contribution in [-0.4, -0.2) is 40.6 Å². The molecule has 1 aromatic carbocycles. The van der Waals surface area contributed by atoms with Crippen LogP contribution >= 0.6 is 27.7 Å². The Labute approximate surface area is 168 Å². The third-order valence-corrected chi connectivity index (χ3v) is 5.42. The maximum atomic E-state index is 5.97. The molecule has 7 heteroatoms. The fourth-order valence-corrected chi connectivity index (χ4v) is 3.09. The first-order valence-electron chi connectivity index (χ1n) is 8.57. The molecule has 2 rings (SSSR count). The van der Waals surface area contributed by atoms with Crippen LogP contribution < -0.4 is 4.74 Å². The lowest BCUT2D eigenvalue weighted by Crippen LogP contribution is -2.14. The highest BCUT2D eigenvalue weighted by Crippen LogP contribution is 2.35. The normalized spacial score (nSPS) is 11.3. The van der Waals surface area contributed by atoms with E-state index in [4.69, 9.17) is 4.74 Å². The molecule has 0 saturated carbocycles. The maximum Gasteiger partial charge on any atom is 0.223 e. The molecular weight excluding hydrogens is 412 g/mol. The summed E-state index contributed by atoms with van der Waals surface area (Å²) in [5, 5.41) is 0.730. The molecule has 140 valence electrons. The Balaban J connectivity index is 2.16. The van der Waals surface area contributed by atoms with Crippen molar-refractivity contribution < 1.29 is 4.74 Å². The van der Waals surface area contributed by atoms with Crippen molar-refractivity contribution >= 4 is 39.7 Å². The molecule has 0 N–H and O–H groups in total. The second kappa shape index (κ2) is 9.92. The molecule has 0 aliphatic rings. The fourth-order valence-electron chi connectivity index (χ4n) is 1.91. The number of ether oxygens (including phenoxy) is 1. The third-order valence-electron chi connectivity index (χ3n) is 3.51. The van der Waals surface area contributed by atoms with Gasteiger partial charge in [-0.2, -0.15) is 4.98 Å². The highest BCUT2D eigenvalue weighted by molar-refractivity contribution is 9.10. The van der Waals surface area contributed by atoms with Crippen molar-refractivity contribution in [3.8, 4) is 11.6 Å². The van der Waals surface area contributed by atoms with E-state index in [1.54, 1.807) is 24.0 Å². The zero-order chi connectivity index (χ0) is 19.1. The number of hydrogen-bond acceptors (Lipinski definition) is 5. The van der Waals surface area contributed by atoms with Crippen LogP contribution in [-0.2, 0) is 0 Å². The van der Waals surface area contributed by atoms with Gasteiger partial charge in [-0.15, -0.1) is 0 Å². The minimum atomic E-state index is 0.535. The number of halogens is 1. The van der Waals surface area contributed by atoms with Crippen LogP contribution in [0.15, 0.2) is 39.0 Å². The first-order chi connectivity index (χ1) is 12.4. The van der Waals surface area contributed by atoms with Crippen molar-refractivity contribution in [1.82, 2.24) is 14.9 Å². The van der Waals surface area contributed by atoms with Crippen molar-refractivity contribution in [2.45, 2.75) is 32.9 Å². The van der Waals surface area contributed by atoms with E-state index in [2.05, 4.69) is 51.7 Å². The van der Waals surface area contributed by atoms with Gasteiger partial charge in [-0.05, 0) is 53.4 Å². The molecule has 0 bridgehead atoms. The monoisotopic (exact) mass is 436 g/mol. The summed E-state index contributed by atoms with van der Waals surface area (Å²) in [6, 6.07) is 5.69.